The van der Waals surface area contributed by atoms with E-state index in [9.17, 15) is 22.0 Å². The second-order valence-electron chi connectivity index (χ2n) is 10.2. The number of benzene rings is 3. The third kappa shape index (κ3) is 5.22. The van der Waals surface area contributed by atoms with Crippen LogP contribution in [0.1, 0.15) is 21.7 Å². The smallest absolute Gasteiger partial charge is 0.317 e. The van der Waals surface area contributed by atoms with Crippen molar-refractivity contribution in [3.05, 3.63) is 95.3 Å². The molecule has 6 aromatic rings. The second kappa shape index (κ2) is 10.8. The molecule has 0 aliphatic heterocycles. The number of carbonyl (C=O) groups excluding carboxylic acids is 1. The van der Waals surface area contributed by atoms with E-state index in [1.807, 2.05) is 0 Å². The first-order valence-electron chi connectivity index (χ1n) is 13.2. The van der Waals surface area contributed by atoms with E-state index in [2.05, 4.69) is 15.0 Å². The molecule has 13 heteroatoms. The van der Waals surface area contributed by atoms with Crippen LogP contribution in [0.4, 0.5) is 14.5 Å². The third-order valence-corrected chi connectivity index (χ3v) is 8.48. The van der Waals surface area contributed by atoms with Gasteiger partial charge in [-0.3, -0.25) is 9.10 Å². The van der Waals surface area contributed by atoms with Crippen molar-refractivity contribution in [3.63, 3.8) is 0 Å². The summed E-state index contributed by atoms with van der Waals surface area (Å²) in [6.07, 6.45) is 1.17. The minimum Gasteiger partial charge on any atom is -0.467 e. The van der Waals surface area contributed by atoms with Gasteiger partial charge in [0, 0.05) is 41.4 Å². The van der Waals surface area contributed by atoms with Crippen LogP contribution in [0, 0.1) is 11.6 Å². The number of aromatic nitrogens is 3. The van der Waals surface area contributed by atoms with Crippen molar-refractivity contribution in [2.24, 2.45) is 5.73 Å². The number of aromatic amines is 1. The van der Waals surface area contributed by atoms with E-state index in [0.717, 1.165) is 10.6 Å². The molecule has 0 aliphatic carbocycles. The molecule has 0 fully saturated rings. The molecule has 0 saturated carbocycles. The molecule has 224 valence electrons. The van der Waals surface area contributed by atoms with E-state index in [1.54, 1.807) is 42.5 Å². The monoisotopic (exact) mass is 617 g/mol. The molecule has 0 atom stereocenters. The van der Waals surface area contributed by atoms with E-state index in [4.69, 9.17) is 14.9 Å². The molecule has 0 unspecified atom stereocenters. The van der Waals surface area contributed by atoms with Gasteiger partial charge >= 0.3 is 6.01 Å². The number of H-pyrrole nitrogens is 1. The zero-order chi connectivity index (χ0) is 31.3. The van der Waals surface area contributed by atoms with Crippen molar-refractivity contribution in [1.29, 1.82) is 0 Å². The fourth-order valence-corrected chi connectivity index (χ4v) is 5.57. The summed E-state index contributed by atoms with van der Waals surface area (Å²) in [7, 11) is -1.03. The summed E-state index contributed by atoms with van der Waals surface area (Å²) in [6.45, 7) is 0. The van der Waals surface area contributed by atoms with Crippen LogP contribution in [0.3, 0.4) is 0 Å². The Balaban J connectivity index is 1.59. The van der Waals surface area contributed by atoms with Gasteiger partial charge < -0.3 is 19.9 Å². The van der Waals surface area contributed by atoms with Gasteiger partial charge in [-0.2, -0.15) is 9.97 Å². The fourth-order valence-electron chi connectivity index (χ4n) is 5.06. The number of nitrogens with one attached hydrogen (secondary N) is 1. The Labute approximate surface area is 250 Å². The summed E-state index contributed by atoms with van der Waals surface area (Å²) in [4.78, 5) is 24.8. The summed E-state index contributed by atoms with van der Waals surface area (Å²) in [5.74, 6) is -1.37. The summed E-state index contributed by atoms with van der Waals surface area (Å²) < 4.78 is 65.9. The van der Waals surface area contributed by atoms with Gasteiger partial charge in [0.2, 0.25) is 10.0 Å². The van der Waals surface area contributed by atoms with Crippen LogP contribution < -0.4 is 14.8 Å². The Kier molecular flexibility index (Phi) is 7.04. The number of hydrogen-bond acceptors (Lipinski definition) is 7. The van der Waals surface area contributed by atoms with Gasteiger partial charge in [0.1, 0.15) is 23.0 Å². The molecule has 0 radical (unpaired) electrons. The maximum Gasteiger partial charge on any atom is 0.317 e. The molecule has 10 nitrogen and oxygen atoms in total. The van der Waals surface area contributed by atoms with E-state index in [-0.39, 0.29) is 40.7 Å². The predicted octanol–water partition coefficient (Wildman–Crippen LogP) is 5.41. The Bertz CT molecular complexity index is 2190. The van der Waals surface area contributed by atoms with Crippen LogP contribution in [0.2, 0.25) is 0 Å². The average molecular weight is 618 g/mol. The molecular formula is C31H25F2N5O5S. The van der Waals surface area contributed by atoms with Crippen LogP contribution in [-0.4, -0.2) is 49.7 Å². The van der Waals surface area contributed by atoms with Gasteiger partial charge in [0.25, 0.3) is 5.91 Å². The number of nitrogens with two attached hydrogens (primary N) is 1. The first-order valence-corrected chi connectivity index (χ1v) is 15.1. The third-order valence-electron chi connectivity index (χ3n) is 7.29. The highest BCUT2D eigenvalue weighted by Gasteiger charge is 2.26. The maximum atomic E-state index is 14.5. The van der Waals surface area contributed by atoms with E-state index < -0.39 is 27.6 Å². The maximum absolute atomic E-state index is 14.5. The number of hydrogen-bond donors (Lipinski definition) is 2. The second-order valence-corrected chi connectivity index (χ2v) is 12.2. The molecular weight excluding hydrogens is 592 g/mol. The van der Waals surface area contributed by atoms with Crippen LogP contribution in [0.15, 0.2) is 71.1 Å². The van der Waals surface area contributed by atoms with E-state index in [1.165, 1.54) is 38.4 Å². The van der Waals surface area contributed by atoms with Crippen molar-refractivity contribution in [1.82, 2.24) is 15.0 Å². The number of methoxy groups -OCH3 is 1. The molecule has 1 amide bonds. The number of sulfonamides is 1. The zero-order valence-electron chi connectivity index (χ0n) is 23.7. The van der Waals surface area contributed by atoms with Gasteiger partial charge in [-0.15, -0.1) is 0 Å². The first-order chi connectivity index (χ1) is 20.9. The summed E-state index contributed by atoms with van der Waals surface area (Å²) in [6, 6.07) is 16.6. The number of furan rings is 1. The number of rotatable bonds is 8. The minimum absolute atomic E-state index is 0.0380. The number of ether oxygens (including phenoxy) is 1. The molecule has 3 N–H and O–H groups in total. The molecule has 3 heterocycles. The highest BCUT2D eigenvalue weighted by atomic mass is 32.2. The topological polar surface area (TPSA) is 144 Å². The lowest BCUT2D eigenvalue weighted by Crippen LogP contribution is -2.25. The lowest BCUT2D eigenvalue weighted by atomic mass is 10.0. The SMILES string of the molecule is COc1nc(-c2cc3c(F)cccc3[nH]2)cc(-c2cc3c(C(N)=O)c(Cc4ccc(F)cc4)oc3cc2N(C)S(C)(=O)=O)n1. The van der Waals surface area contributed by atoms with E-state index >= 15 is 0 Å². The van der Waals surface area contributed by atoms with Crippen molar-refractivity contribution in [3.8, 4) is 28.7 Å². The predicted molar refractivity (Wildman–Crippen MR) is 162 cm³/mol. The Morgan fingerprint density at radius 2 is 1.75 bits per heavy atom. The number of fused-ring (bicyclic) bond motifs is 2. The highest BCUT2D eigenvalue weighted by molar-refractivity contribution is 7.92. The van der Waals surface area contributed by atoms with E-state index in [0.29, 0.717) is 38.8 Å². The van der Waals surface area contributed by atoms with Crippen LogP contribution in [0.25, 0.3) is 44.5 Å². The summed E-state index contributed by atoms with van der Waals surface area (Å²) in [5, 5.41) is 0.681. The molecule has 6 rings (SSSR count). The summed E-state index contributed by atoms with van der Waals surface area (Å²) >= 11 is 0. The number of nitrogens with zero attached hydrogens (tertiary/aromatic N) is 3. The first kappa shape index (κ1) is 28.8. The molecule has 3 aromatic heterocycles. The normalized spacial score (nSPS) is 11.8. The minimum atomic E-state index is -3.79. The zero-order valence-corrected chi connectivity index (χ0v) is 24.5. The van der Waals surface area contributed by atoms with Gasteiger partial charge in [-0.05, 0) is 48.0 Å². The Morgan fingerprint density at radius 1 is 1.02 bits per heavy atom. The van der Waals surface area contributed by atoms with Gasteiger partial charge in [0.05, 0.1) is 41.7 Å². The Morgan fingerprint density at radius 3 is 2.41 bits per heavy atom. The highest BCUT2D eigenvalue weighted by Crippen LogP contribution is 2.40. The molecule has 0 aliphatic rings. The molecule has 0 saturated heterocycles. The lowest BCUT2D eigenvalue weighted by Gasteiger charge is -2.20. The van der Waals surface area contributed by atoms with Crippen LogP contribution in [-0.2, 0) is 16.4 Å². The van der Waals surface area contributed by atoms with Crippen molar-refractivity contribution in [2.75, 3.05) is 24.7 Å². The van der Waals surface area contributed by atoms with Crippen molar-refractivity contribution in [2.45, 2.75) is 6.42 Å². The standard InChI is InChI=1S/C31H25F2N5O5S/c1-38(44(3,40)41)26-15-27-20(29(30(34)39)28(43-27)11-16-7-9-17(32)10-8-16)12-19(26)23-14-25(37-31(36-23)42-2)24-13-18-21(33)5-4-6-22(18)35-24/h4-10,12-15,35H,11H2,1-3H3,(H2,34,39). The quantitative estimate of drug-likeness (QED) is 0.232. The number of amides is 1. The molecule has 44 heavy (non-hydrogen) atoms. The summed E-state index contributed by atoms with van der Waals surface area (Å²) in [5.41, 5.74) is 8.86. The van der Waals surface area contributed by atoms with Crippen LogP contribution >= 0.6 is 0 Å². The van der Waals surface area contributed by atoms with Gasteiger partial charge in [-0.1, -0.05) is 18.2 Å². The van der Waals surface area contributed by atoms with Crippen LogP contribution in [0.5, 0.6) is 6.01 Å². The molecule has 3 aromatic carbocycles. The van der Waals surface area contributed by atoms with Gasteiger partial charge in [0.15, 0.2) is 0 Å². The number of anilines is 1. The lowest BCUT2D eigenvalue weighted by molar-refractivity contribution is 0.1000. The average Bonchev–Trinajstić information content (AvgIpc) is 3.58. The van der Waals surface area contributed by atoms with Crippen molar-refractivity contribution < 1.29 is 31.1 Å². The fraction of sp³-hybridized carbons (Fsp3) is 0.129. The molecule has 0 bridgehead atoms. The number of primary amides is 1. The van der Waals surface area contributed by atoms with Gasteiger partial charge in [-0.25, -0.2) is 17.2 Å². The number of halogens is 2. The van der Waals surface area contributed by atoms with Crippen molar-refractivity contribution >= 4 is 43.5 Å². The Hall–Kier alpha value is -5.30. The molecule has 0 spiro atoms. The largest absolute Gasteiger partial charge is 0.467 e. The number of carbonyl (C=O) groups is 1.